The van der Waals surface area contributed by atoms with Gasteiger partial charge in [-0.05, 0) is 44.5 Å². The van der Waals surface area contributed by atoms with E-state index in [1.54, 1.807) is 14.2 Å². The van der Waals surface area contributed by atoms with Crippen molar-refractivity contribution in [2.75, 3.05) is 20.8 Å². The van der Waals surface area contributed by atoms with Gasteiger partial charge in [0.15, 0.2) is 11.5 Å². The molecule has 0 saturated heterocycles. The van der Waals surface area contributed by atoms with Gasteiger partial charge in [-0.1, -0.05) is 11.3 Å². The lowest BCUT2D eigenvalue weighted by atomic mass is 10.1. The van der Waals surface area contributed by atoms with E-state index >= 15 is 0 Å². The van der Waals surface area contributed by atoms with Crippen LogP contribution in [0.4, 0.5) is 0 Å². The summed E-state index contributed by atoms with van der Waals surface area (Å²) in [4.78, 5) is 13.3. The maximum atomic E-state index is 12.2. The lowest BCUT2D eigenvalue weighted by Gasteiger charge is -2.12. The van der Waals surface area contributed by atoms with Crippen LogP contribution in [0.3, 0.4) is 0 Å². The van der Waals surface area contributed by atoms with Gasteiger partial charge in [-0.2, -0.15) is 0 Å². The van der Waals surface area contributed by atoms with Crippen molar-refractivity contribution in [1.82, 2.24) is 4.57 Å². The summed E-state index contributed by atoms with van der Waals surface area (Å²) in [7, 11) is 3.21. The zero-order valence-corrected chi connectivity index (χ0v) is 14.0. The third-order valence-electron chi connectivity index (χ3n) is 3.56. The molecule has 1 aromatic carbocycles. The molecule has 0 aliphatic heterocycles. The molecule has 1 heterocycles. The second-order valence-electron chi connectivity index (χ2n) is 4.99. The van der Waals surface area contributed by atoms with Gasteiger partial charge in [0.25, 0.3) is 0 Å². The summed E-state index contributed by atoms with van der Waals surface area (Å²) in [6.45, 7) is 3.30. The molecule has 6 heteroatoms. The fourth-order valence-electron chi connectivity index (χ4n) is 2.48. The van der Waals surface area contributed by atoms with Crippen molar-refractivity contribution >= 4 is 11.3 Å². The van der Waals surface area contributed by atoms with E-state index in [0.717, 1.165) is 29.0 Å². The van der Waals surface area contributed by atoms with Gasteiger partial charge in [0.05, 0.1) is 19.9 Å². The molecule has 0 radical (unpaired) electrons. The van der Waals surface area contributed by atoms with Gasteiger partial charge in [0, 0.05) is 17.0 Å². The molecule has 0 fully saturated rings. The number of hydrogen-bond acceptors (Lipinski definition) is 5. The molecule has 120 valence electrons. The zero-order valence-electron chi connectivity index (χ0n) is 13.2. The molecule has 2 rings (SSSR count). The highest BCUT2D eigenvalue weighted by molar-refractivity contribution is 7.09. The summed E-state index contributed by atoms with van der Waals surface area (Å²) in [5, 5.41) is 0. The lowest BCUT2D eigenvalue weighted by molar-refractivity contribution is 0.355. The third-order valence-corrected chi connectivity index (χ3v) is 4.45. The second kappa shape index (κ2) is 7.47. The Bertz CT molecular complexity index is 691. The number of ether oxygens (including phenoxy) is 2. The minimum atomic E-state index is 0.0688. The predicted octanol–water partition coefficient (Wildman–Crippen LogP) is 2.64. The number of thiazole rings is 1. The SMILES string of the molecule is COc1ccc(-c2c(C)sc(=O)n2CCCCN)cc1OC. The molecule has 0 amide bonds. The Morgan fingerprint density at radius 2 is 1.91 bits per heavy atom. The highest BCUT2D eigenvalue weighted by Crippen LogP contribution is 2.34. The first-order chi connectivity index (χ1) is 10.6. The van der Waals surface area contributed by atoms with Crippen LogP contribution in [0.1, 0.15) is 17.7 Å². The minimum Gasteiger partial charge on any atom is -0.493 e. The van der Waals surface area contributed by atoms with Crippen molar-refractivity contribution in [1.29, 1.82) is 0 Å². The average molecular weight is 322 g/mol. The van der Waals surface area contributed by atoms with Gasteiger partial charge < -0.3 is 15.2 Å². The normalized spacial score (nSPS) is 10.7. The number of aryl methyl sites for hydroxylation is 1. The average Bonchev–Trinajstić information content (AvgIpc) is 2.81. The summed E-state index contributed by atoms with van der Waals surface area (Å²) >= 11 is 1.28. The Morgan fingerprint density at radius 3 is 2.55 bits per heavy atom. The molecule has 0 aliphatic rings. The topological polar surface area (TPSA) is 66.5 Å². The number of nitrogens with zero attached hydrogens (tertiary/aromatic N) is 1. The number of benzene rings is 1. The van der Waals surface area contributed by atoms with E-state index < -0.39 is 0 Å². The molecule has 0 spiro atoms. The Hall–Kier alpha value is -1.79. The maximum Gasteiger partial charge on any atom is 0.307 e. The number of aromatic nitrogens is 1. The Balaban J connectivity index is 2.45. The Labute approximate surface area is 134 Å². The zero-order chi connectivity index (χ0) is 16.1. The van der Waals surface area contributed by atoms with Crippen molar-refractivity contribution in [2.24, 2.45) is 5.73 Å². The molecule has 0 atom stereocenters. The van der Waals surface area contributed by atoms with E-state index in [2.05, 4.69) is 0 Å². The van der Waals surface area contributed by atoms with E-state index in [0.29, 0.717) is 24.6 Å². The largest absolute Gasteiger partial charge is 0.493 e. The third kappa shape index (κ3) is 3.34. The molecule has 0 bridgehead atoms. The lowest BCUT2D eigenvalue weighted by Crippen LogP contribution is -2.15. The van der Waals surface area contributed by atoms with Gasteiger partial charge in [0.1, 0.15) is 0 Å². The number of methoxy groups -OCH3 is 2. The van der Waals surface area contributed by atoms with E-state index in [4.69, 9.17) is 15.2 Å². The van der Waals surface area contributed by atoms with Crippen LogP contribution in [0.5, 0.6) is 11.5 Å². The molecule has 5 nitrogen and oxygen atoms in total. The first kappa shape index (κ1) is 16.6. The summed E-state index contributed by atoms with van der Waals surface area (Å²) in [6, 6.07) is 5.72. The van der Waals surface area contributed by atoms with Gasteiger partial charge in [-0.3, -0.25) is 9.36 Å². The number of rotatable bonds is 7. The molecule has 0 aliphatic carbocycles. The van der Waals surface area contributed by atoms with E-state index in [9.17, 15) is 4.79 Å². The molecular formula is C16H22N2O3S. The summed E-state index contributed by atoms with van der Waals surface area (Å²) in [5.41, 5.74) is 7.45. The van der Waals surface area contributed by atoms with E-state index in [-0.39, 0.29) is 4.87 Å². The van der Waals surface area contributed by atoms with Crippen LogP contribution in [-0.2, 0) is 6.54 Å². The van der Waals surface area contributed by atoms with Crippen LogP contribution in [0.25, 0.3) is 11.3 Å². The number of unbranched alkanes of at least 4 members (excludes halogenated alkanes) is 1. The maximum absolute atomic E-state index is 12.2. The van der Waals surface area contributed by atoms with Crippen molar-refractivity contribution < 1.29 is 9.47 Å². The smallest absolute Gasteiger partial charge is 0.307 e. The van der Waals surface area contributed by atoms with Crippen LogP contribution in [-0.4, -0.2) is 25.3 Å². The molecular weight excluding hydrogens is 300 g/mol. The number of hydrogen-bond donors (Lipinski definition) is 1. The standard InChI is InChI=1S/C16H22N2O3S/c1-11-15(18(16(19)22-11)9-5-4-8-17)12-6-7-13(20-2)14(10-12)21-3/h6-7,10H,4-5,8-9,17H2,1-3H3. The quantitative estimate of drug-likeness (QED) is 0.796. The van der Waals surface area contributed by atoms with Crippen LogP contribution >= 0.6 is 11.3 Å². The monoisotopic (exact) mass is 322 g/mol. The van der Waals surface area contributed by atoms with Gasteiger partial charge in [-0.25, -0.2) is 0 Å². The minimum absolute atomic E-state index is 0.0688. The first-order valence-corrected chi connectivity index (χ1v) is 8.06. The van der Waals surface area contributed by atoms with Gasteiger partial charge in [0.2, 0.25) is 0 Å². The van der Waals surface area contributed by atoms with E-state index in [1.807, 2.05) is 29.7 Å². The Kier molecular flexibility index (Phi) is 5.63. The summed E-state index contributed by atoms with van der Waals surface area (Å²) < 4.78 is 12.5. The van der Waals surface area contributed by atoms with Gasteiger partial charge >= 0.3 is 4.87 Å². The highest BCUT2D eigenvalue weighted by Gasteiger charge is 2.15. The van der Waals surface area contributed by atoms with Crippen LogP contribution in [0.15, 0.2) is 23.0 Å². The molecule has 2 N–H and O–H groups in total. The van der Waals surface area contributed by atoms with Gasteiger partial charge in [-0.15, -0.1) is 0 Å². The molecule has 0 saturated carbocycles. The van der Waals surface area contributed by atoms with Crippen molar-refractivity contribution in [3.8, 4) is 22.8 Å². The fourth-order valence-corrected chi connectivity index (χ4v) is 3.36. The van der Waals surface area contributed by atoms with Crippen LogP contribution in [0, 0.1) is 6.92 Å². The fraction of sp³-hybridized carbons (Fsp3) is 0.438. The molecule has 2 aromatic rings. The van der Waals surface area contributed by atoms with Crippen molar-refractivity contribution in [3.05, 3.63) is 32.7 Å². The number of nitrogens with two attached hydrogens (primary N) is 1. The molecule has 22 heavy (non-hydrogen) atoms. The second-order valence-corrected chi connectivity index (χ2v) is 6.16. The molecule has 0 unspecified atom stereocenters. The van der Waals surface area contributed by atoms with E-state index in [1.165, 1.54) is 11.3 Å². The van der Waals surface area contributed by atoms with Crippen LogP contribution < -0.4 is 20.1 Å². The summed E-state index contributed by atoms with van der Waals surface area (Å²) in [5.74, 6) is 1.34. The molecule has 1 aromatic heterocycles. The summed E-state index contributed by atoms with van der Waals surface area (Å²) in [6.07, 6.45) is 1.81. The first-order valence-electron chi connectivity index (χ1n) is 7.25. The highest BCUT2D eigenvalue weighted by atomic mass is 32.1. The van der Waals surface area contributed by atoms with Crippen molar-refractivity contribution in [2.45, 2.75) is 26.3 Å². The Morgan fingerprint density at radius 1 is 1.18 bits per heavy atom. The predicted molar refractivity (Wildman–Crippen MR) is 90.1 cm³/mol. The van der Waals surface area contributed by atoms with Crippen molar-refractivity contribution in [3.63, 3.8) is 0 Å². The van der Waals surface area contributed by atoms with Crippen LogP contribution in [0.2, 0.25) is 0 Å².